The van der Waals surface area contributed by atoms with Crippen molar-refractivity contribution in [1.29, 1.82) is 0 Å². The zero-order chi connectivity index (χ0) is 18.2. The number of hydrogen-bond donors (Lipinski definition) is 4. The molecule has 25 heavy (non-hydrogen) atoms. The van der Waals surface area contributed by atoms with Crippen LogP contribution in [0, 0.1) is 11.8 Å². The first-order valence-corrected chi connectivity index (χ1v) is 8.29. The van der Waals surface area contributed by atoms with Crippen LogP contribution in [0.5, 0.6) is 0 Å². The first kappa shape index (κ1) is 18.7. The van der Waals surface area contributed by atoms with Gasteiger partial charge in [-0.1, -0.05) is 44.2 Å². The number of carbonyl (C=O) groups excluding carboxylic acids is 2. The summed E-state index contributed by atoms with van der Waals surface area (Å²) >= 11 is 0. The molecule has 2 amide bonds. The lowest BCUT2D eigenvalue weighted by atomic mass is 9.93. The van der Waals surface area contributed by atoms with Crippen molar-refractivity contribution < 1.29 is 14.8 Å². The van der Waals surface area contributed by atoms with Crippen LogP contribution in [0.4, 0.5) is 0 Å². The Labute approximate surface area is 146 Å². The minimum absolute atomic E-state index is 0.0477. The van der Waals surface area contributed by atoms with E-state index in [4.69, 9.17) is 5.21 Å². The van der Waals surface area contributed by atoms with Crippen molar-refractivity contribution in [3.05, 3.63) is 42.4 Å². The Morgan fingerprint density at radius 1 is 1.24 bits per heavy atom. The maximum absolute atomic E-state index is 12.4. The second kappa shape index (κ2) is 8.98. The Morgan fingerprint density at radius 2 is 1.96 bits per heavy atom. The molecule has 7 heteroatoms. The van der Waals surface area contributed by atoms with Crippen LogP contribution in [-0.2, 0) is 16.1 Å². The molecule has 0 saturated heterocycles. The van der Waals surface area contributed by atoms with Crippen molar-refractivity contribution in [3.8, 4) is 11.3 Å². The van der Waals surface area contributed by atoms with E-state index in [-0.39, 0.29) is 24.8 Å². The molecule has 0 bridgehead atoms. The van der Waals surface area contributed by atoms with Crippen LogP contribution in [0.2, 0.25) is 0 Å². The number of aromatic amines is 1. The summed E-state index contributed by atoms with van der Waals surface area (Å²) < 4.78 is 0. The summed E-state index contributed by atoms with van der Waals surface area (Å²) in [5, 5.41) is 11.5. The number of aromatic nitrogens is 2. The molecular weight excluding hydrogens is 320 g/mol. The molecule has 0 spiro atoms. The maximum atomic E-state index is 12.4. The summed E-state index contributed by atoms with van der Waals surface area (Å²) in [6, 6.07) is 9.78. The molecule has 2 rings (SSSR count). The molecule has 0 fully saturated rings. The molecule has 0 radical (unpaired) electrons. The normalized spacial score (nSPS) is 12.0. The number of carbonyl (C=O) groups is 2. The van der Waals surface area contributed by atoms with Crippen LogP contribution in [0.15, 0.2) is 36.5 Å². The van der Waals surface area contributed by atoms with E-state index < -0.39 is 11.8 Å². The van der Waals surface area contributed by atoms with E-state index in [2.05, 4.69) is 15.3 Å². The van der Waals surface area contributed by atoms with Gasteiger partial charge < -0.3 is 10.3 Å². The van der Waals surface area contributed by atoms with Crippen LogP contribution in [0.25, 0.3) is 11.3 Å². The molecule has 0 aliphatic carbocycles. The smallest absolute Gasteiger partial charge is 0.244 e. The van der Waals surface area contributed by atoms with Gasteiger partial charge in [0.2, 0.25) is 11.8 Å². The van der Waals surface area contributed by atoms with Crippen molar-refractivity contribution in [2.24, 2.45) is 11.8 Å². The molecule has 0 aliphatic rings. The second-order valence-corrected chi connectivity index (χ2v) is 6.39. The van der Waals surface area contributed by atoms with Gasteiger partial charge in [-0.25, -0.2) is 10.5 Å². The number of H-pyrrole nitrogens is 1. The van der Waals surface area contributed by atoms with Gasteiger partial charge in [0.15, 0.2) is 0 Å². The summed E-state index contributed by atoms with van der Waals surface area (Å²) in [4.78, 5) is 31.2. The van der Waals surface area contributed by atoms with Gasteiger partial charge in [0.1, 0.15) is 5.82 Å². The van der Waals surface area contributed by atoms with Crippen molar-refractivity contribution in [1.82, 2.24) is 20.8 Å². The van der Waals surface area contributed by atoms with Gasteiger partial charge in [-0.2, -0.15) is 0 Å². The van der Waals surface area contributed by atoms with E-state index in [0.29, 0.717) is 12.2 Å². The predicted molar refractivity (Wildman–Crippen MR) is 93.4 cm³/mol. The Kier molecular flexibility index (Phi) is 6.71. The molecule has 1 aromatic heterocycles. The number of benzene rings is 1. The number of amides is 2. The SMILES string of the molecule is CC(C)CC(CC(=O)NO)C(=O)NCc1ncc(-c2ccccc2)[nH]1. The fourth-order valence-corrected chi connectivity index (χ4v) is 2.65. The number of hydrogen-bond acceptors (Lipinski definition) is 4. The number of hydroxylamine groups is 1. The summed E-state index contributed by atoms with van der Waals surface area (Å²) in [5.74, 6) is -0.381. The standard InChI is InChI=1S/C18H24N4O3/c1-12(2)8-14(9-17(23)22-25)18(24)20-11-16-19-10-15(21-16)13-6-4-3-5-7-13/h3-7,10,12,14,25H,8-9,11H2,1-2H3,(H,19,21)(H,20,24)(H,22,23). The van der Waals surface area contributed by atoms with Gasteiger partial charge in [-0.3, -0.25) is 14.8 Å². The summed E-state index contributed by atoms with van der Waals surface area (Å²) in [5.41, 5.74) is 3.48. The molecule has 134 valence electrons. The van der Waals surface area contributed by atoms with Crippen LogP contribution in [0.3, 0.4) is 0 Å². The van der Waals surface area contributed by atoms with E-state index in [1.165, 1.54) is 0 Å². The predicted octanol–water partition coefficient (Wildman–Crippen LogP) is 2.25. The van der Waals surface area contributed by atoms with Gasteiger partial charge in [-0.05, 0) is 17.9 Å². The molecule has 1 atom stereocenters. The van der Waals surface area contributed by atoms with Crippen molar-refractivity contribution in [2.75, 3.05) is 0 Å². The summed E-state index contributed by atoms with van der Waals surface area (Å²) in [7, 11) is 0. The highest BCUT2D eigenvalue weighted by Crippen LogP contribution is 2.17. The lowest BCUT2D eigenvalue weighted by Gasteiger charge is -2.17. The van der Waals surface area contributed by atoms with Crippen LogP contribution in [-0.4, -0.2) is 27.0 Å². The number of nitrogens with zero attached hydrogens (tertiary/aromatic N) is 1. The van der Waals surface area contributed by atoms with Gasteiger partial charge in [0, 0.05) is 12.3 Å². The minimum Gasteiger partial charge on any atom is -0.349 e. The molecule has 7 nitrogen and oxygen atoms in total. The average Bonchev–Trinajstić information content (AvgIpc) is 3.08. The third-order valence-corrected chi connectivity index (χ3v) is 3.83. The Morgan fingerprint density at radius 3 is 2.60 bits per heavy atom. The fourth-order valence-electron chi connectivity index (χ4n) is 2.65. The number of rotatable bonds is 8. The zero-order valence-electron chi connectivity index (χ0n) is 14.5. The van der Waals surface area contributed by atoms with Crippen molar-refractivity contribution in [2.45, 2.75) is 33.2 Å². The van der Waals surface area contributed by atoms with Crippen LogP contribution >= 0.6 is 0 Å². The quantitative estimate of drug-likeness (QED) is 0.435. The number of nitrogens with one attached hydrogen (secondary N) is 3. The first-order chi connectivity index (χ1) is 12.0. The average molecular weight is 344 g/mol. The second-order valence-electron chi connectivity index (χ2n) is 6.39. The van der Waals surface area contributed by atoms with E-state index in [0.717, 1.165) is 11.3 Å². The third kappa shape index (κ3) is 5.72. The van der Waals surface area contributed by atoms with E-state index >= 15 is 0 Å². The van der Waals surface area contributed by atoms with Gasteiger partial charge in [0.25, 0.3) is 0 Å². The first-order valence-electron chi connectivity index (χ1n) is 8.29. The number of imidazole rings is 1. The summed E-state index contributed by atoms with van der Waals surface area (Å²) in [6.45, 7) is 4.21. The third-order valence-electron chi connectivity index (χ3n) is 3.83. The van der Waals surface area contributed by atoms with Gasteiger partial charge in [0.05, 0.1) is 18.4 Å². The topological polar surface area (TPSA) is 107 Å². The van der Waals surface area contributed by atoms with Crippen molar-refractivity contribution in [3.63, 3.8) is 0 Å². The van der Waals surface area contributed by atoms with Gasteiger partial charge in [-0.15, -0.1) is 0 Å². The van der Waals surface area contributed by atoms with E-state index in [9.17, 15) is 9.59 Å². The molecule has 4 N–H and O–H groups in total. The highest BCUT2D eigenvalue weighted by molar-refractivity contribution is 5.85. The fraction of sp³-hybridized carbons (Fsp3) is 0.389. The van der Waals surface area contributed by atoms with E-state index in [1.54, 1.807) is 11.7 Å². The van der Waals surface area contributed by atoms with Crippen LogP contribution in [0.1, 0.15) is 32.5 Å². The molecule has 1 aromatic carbocycles. The highest BCUT2D eigenvalue weighted by atomic mass is 16.5. The Bertz CT molecular complexity index is 697. The maximum Gasteiger partial charge on any atom is 0.244 e. The van der Waals surface area contributed by atoms with Crippen molar-refractivity contribution >= 4 is 11.8 Å². The Balaban J connectivity index is 1.95. The molecule has 1 unspecified atom stereocenters. The highest BCUT2D eigenvalue weighted by Gasteiger charge is 2.23. The minimum atomic E-state index is -0.565. The molecule has 0 aliphatic heterocycles. The van der Waals surface area contributed by atoms with E-state index in [1.807, 2.05) is 44.2 Å². The molecular formula is C18H24N4O3. The lowest BCUT2D eigenvalue weighted by Crippen LogP contribution is -2.35. The molecule has 1 heterocycles. The summed E-state index contributed by atoms with van der Waals surface area (Å²) in [6.07, 6.45) is 2.24. The lowest BCUT2D eigenvalue weighted by molar-refractivity contribution is -0.135. The van der Waals surface area contributed by atoms with Crippen LogP contribution < -0.4 is 10.8 Å². The monoisotopic (exact) mass is 344 g/mol. The molecule has 0 saturated carbocycles. The zero-order valence-corrected chi connectivity index (χ0v) is 14.5. The van der Waals surface area contributed by atoms with Gasteiger partial charge >= 0.3 is 0 Å². The Hall–Kier alpha value is -2.67. The largest absolute Gasteiger partial charge is 0.349 e. The molecule has 2 aromatic rings.